The highest BCUT2D eigenvalue weighted by atomic mass is 16.5. The van der Waals surface area contributed by atoms with Gasteiger partial charge in [0.15, 0.2) is 0 Å². The Kier molecular flexibility index (Phi) is 3.70. The van der Waals surface area contributed by atoms with Crippen LogP contribution in [0.1, 0.15) is 5.56 Å². The highest BCUT2D eigenvalue weighted by Gasteiger charge is 2.04. The lowest BCUT2D eigenvalue weighted by Gasteiger charge is -2.09. The molecule has 0 aliphatic heterocycles. The number of nitrogens with two attached hydrogens (primary N) is 1. The number of methoxy groups -OCH3 is 2. The molecule has 0 spiro atoms. The second-order valence-corrected chi connectivity index (χ2v) is 3.99. The van der Waals surface area contributed by atoms with Crippen molar-refractivity contribution >= 4 is 5.69 Å². The van der Waals surface area contributed by atoms with Crippen LogP contribution in [0.25, 0.3) is 0 Å². The molecule has 0 atom stereocenters. The maximum atomic E-state index is 11.7. The first kappa shape index (κ1) is 12.9. The summed E-state index contributed by atoms with van der Waals surface area (Å²) in [5.41, 5.74) is 6.97. The van der Waals surface area contributed by atoms with Crippen molar-refractivity contribution in [1.82, 2.24) is 9.78 Å². The predicted octanol–water partition coefficient (Wildman–Crippen LogP) is 0.891. The van der Waals surface area contributed by atoms with Gasteiger partial charge in [-0.3, -0.25) is 4.79 Å². The summed E-state index contributed by atoms with van der Waals surface area (Å²) in [6.45, 7) is 0.303. The fourth-order valence-electron chi connectivity index (χ4n) is 1.72. The summed E-state index contributed by atoms with van der Waals surface area (Å²) in [6.07, 6.45) is 0. The SMILES string of the molecule is COc1cc(N)cc(Cn2nc(OC)ccc2=O)c1. The fourth-order valence-corrected chi connectivity index (χ4v) is 1.72. The van der Waals surface area contributed by atoms with Gasteiger partial charge in [0, 0.05) is 23.9 Å². The van der Waals surface area contributed by atoms with Gasteiger partial charge < -0.3 is 15.2 Å². The molecule has 1 aromatic heterocycles. The van der Waals surface area contributed by atoms with E-state index < -0.39 is 0 Å². The monoisotopic (exact) mass is 261 g/mol. The number of nitrogen functional groups attached to an aromatic ring is 1. The van der Waals surface area contributed by atoms with Gasteiger partial charge >= 0.3 is 0 Å². The third kappa shape index (κ3) is 3.04. The minimum atomic E-state index is -0.206. The van der Waals surface area contributed by atoms with Crippen LogP contribution in [0.2, 0.25) is 0 Å². The number of rotatable bonds is 4. The van der Waals surface area contributed by atoms with E-state index in [2.05, 4.69) is 5.10 Å². The Morgan fingerprint density at radius 1 is 1.21 bits per heavy atom. The first-order valence-corrected chi connectivity index (χ1v) is 5.68. The van der Waals surface area contributed by atoms with E-state index >= 15 is 0 Å². The van der Waals surface area contributed by atoms with Gasteiger partial charge in [0.1, 0.15) is 5.75 Å². The highest BCUT2D eigenvalue weighted by Crippen LogP contribution is 2.18. The lowest BCUT2D eigenvalue weighted by atomic mass is 10.2. The molecule has 0 aliphatic rings. The highest BCUT2D eigenvalue weighted by molar-refractivity contribution is 5.47. The average molecular weight is 261 g/mol. The average Bonchev–Trinajstić information content (AvgIpc) is 2.40. The number of nitrogens with zero attached hydrogens (tertiary/aromatic N) is 2. The first-order valence-electron chi connectivity index (χ1n) is 5.68. The molecule has 0 unspecified atom stereocenters. The van der Waals surface area contributed by atoms with E-state index in [1.54, 1.807) is 19.2 Å². The molecular weight excluding hydrogens is 246 g/mol. The number of ether oxygens (including phenoxy) is 2. The van der Waals surface area contributed by atoms with Crippen LogP contribution < -0.4 is 20.8 Å². The van der Waals surface area contributed by atoms with Gasteiger partial charge in [0.25, 0.3) is 5.56 Å². The van der Waals surface area contributed by atoms with Crippen LogP contribution in [0.4, 0.5) is 5.69 Å². The lowest BCUT2D eigenvalue weighted by molar-refractivity contribution is 0.378. The third-order valence-corrected chi connectivity index (χ3v) is 2.61. The van der Waals surface area contributed by atoms with Gasteiger partial charge in [-0.15, -0.1) is 5.10 Å². The Labute approximate surface area is 110 Å². The summed E-state index contributed by atoms with van der Waals surface area (Å²) in [4.78, 5) is 11.7. The van der Waals surface area contributed by atoms with Crippen molar-refractivity contribution in [3.05, 3.63) is 46.2 Å². The van der Waals surface area contributed by atoms with E-state index in [-0.39, 0.29) is 5.56 Å². The quantitative estimate of drug-likeness (QED) is 0.827. The van der Waals surface area contributed by atoms with Crippen molar-refractivity contribution in [2.24, 2.45) is 0 Å². The lowest BCUT2D eigenvalue weighted by Crippen LogP contribution is -2.22. The number of benzene rings is 1. The van der Waals surface area contributed by atoms with E-state index in [0.29, 0.717) is 23.9 Å². The van der Waals surface area contributed by atoms with Crippen LogP contribution in [0.5, 0.6) is 11.6 Å². The Balaban J connectivity index is 2.35. The maximum Gasteiger partial charge on any atom is 0.267 e. The zero-order valence-electron chi connectivity index (χ0n) is 10.8. The van der Waals surface area contributed by atoms with Gasteiger partial charge in [-0.1, -0.05) is 0 Å². The topological polar surface area (TPSA) is 79.4 Å². The molecule has 2 N–H and O–H groups in total. The van der Waals surface area contributed by atoms with Gasteiger partial charge in [0.05, 0.1) is 20.8 Å². The summed E-state index contributed by atoms with van der Waals surface area (Å²) in [5.74, 6) is 1.03. The predicted molar refractivity (Wildman–Crippen MR) is 71.6 cm³/mol. The van der Waals surface area contributed by atoms with Gasteiger partial charge in [-0.25, -0.2) is 4.68 Å². The van der Waals surface area contributed by atoms with Crippen LogP contribution in [0.15, 0.2) is 35.1 Å². The van der Waals surface area contributed by atoms with Crippen molar-refractivity contribution in [3.8, 4) is 11.6 Å². The van der Waals surface area contributed by atoms with E-state index in [1.165, 1.54) is 23.9 Å². The molecule has 0 saturated carbocycles. The number of hydrogen-bond acceptors (Lipinski definition) is 5. The molecule has 1 heterocycles. The molecular formula is C13H15N3O3. The molecule has 0 saturated heterocycles. The van der Waals surface area contributed by atoms with Crippen molar-refractivity contribution < 1.29 is 9.47 Å². The zero-order chi connectivity index (χ0) is 13.8. The van der Waals surface area contributed by atoms with Gasteiger partial charge in [-0.2, -0.15) is 0 Å². The van der Waals surface area contributed by atoms with Crippen molar-refractivity contribution in [3.63, 3.8) is 0 Å². The summed E-state index contributed by atoms with van der Waals surface area (Å²) < 4.78 is 11.4. The Bertz CT molecular complexity index is 637. The van der Waals surface area contributed by atoms with E-state index in [1.807, 2.05) is 6.07 Å². The normalized spacial score (nSPS) is 10.2. The van der Waals surface area contributed by atoms with Crippen molar-refractivity contribution in [1.29, 1.82) is 0 Å². The largest absolute Gasteiger partial charge is 0.497 e. The molecule has 0 aliphatic carbocycles. The van der Waals surface area contributed by atoms with E-state index in [4.69, 9.17) is 15.2 Å². The molecule has 1 aromatic carbocycles. The summed E-state index contributed by atoms with van der Waals surface area (Å²) in [7, 11) is 3.06. The fraction of sp³-hybridized carbons (Fsp3) is 0.231. The maximum absolute atomic E-state index is 11.7. The van der Waals surface area contributed by atoms with Crippen LogP contribution in [0.3, 0.4) is 0 Å². The number of anilines is 1. The van der Waals surface area contributed by atoms with Crippen LogP contribution in [-0.4, -0.2) is 24.0 Å². The Morgan fingerprint density at radius 2 is 2.00 bits per heavy atom. The Morgan fingerprint density at radius 3 is 2.68 bits per heavy atom. The number of aromatic nitrogens is 2. The molecule has 2 aromatic rings. The first-order chi connectivity index (χ1) is 9.12. The zero-order valence-corrected chi connectivity index (χ0v) is 10.8. The minimum absolute atomic E-state index is 0.206. The second kappa shape index (κ2) is 5.43. The Hall–Kier alpha value is -2.50. The van der Waals surface area contributed by atoms with E-state index in [0.717, 1.165) is 5.56 Å². The van der Waals surface area contributed by atoms with Crippen molar-refractivity contribution in [2.75, 3.05) is 20.0 Å². The van der Waals surface area contributed by atoms with Gasteiger partial charge in [0.2, 0.25) is 5.88 Å². The molecule has 6 nitrogen and oxygen atoms in total. The van der Waals surface area contributed by atoms with Crippen LogP contribution in [0, 0.1) is 0 Å². The summed E-state index contributed by atoms with van der Waals surface area (Å²) in [5, 5.41) is 4.07. The number of hydrogen-bond donors (Lipinski definition) is 1. The molecule has 0 bridgehead atoms. The molecule has 6 heteroatoms. The van der Waals surface area contributed by atoms with Crippen LogP contribution >= 0.6 is 0 Å². The summed E-state index contributed by atoms with van der Waals surface area (Å²) in [6, 6.07) is 8.24. The van der Waals surface area contributed by atoms with Gasteiger partial charge in [-0.05, 0) is 17.7 Å². The smallest absolute Gasteiger partial charge is 0.267 e. The second-order valence-electron chi connectivity index (χ2n) is 3.99. The standard InChI is InChI=1S/C13H15N3O3/c1-18-11-6-9(5-10(14)7-11)8-16-13(17)4-3-12(15-16)19-2/h3-7H,8,14H2,1-2H3. The minimum Gasteiger partial charge on any atom is -0.497 e. The molecule has 0 amide bonds. The molecule has 0 fully saturated rings. The van der Waals surface area contributed by atoms with Crippen molar-refractivity contribution in [2.45, 2.75) is 6.54 Å². The van der Waals surface area contributed by atoms with E-state index in [9.17, 15) is 4.79 Å². The molecule has 19 heavy (non-hydrogen) atoms. The molecule has 100 valence electrons. The third-order valence-electron chi connectivity index (χ3n) is 2.61. The molecule has 0 radical (unpaired) electrons. The van der Waals surface area contributed by atoms with Crippen LogP contribution in [-0.2, 0) is 6.54 Å². The summed E-state index contributed by atoms with van der Waals surface area (Å²) >= 11 is 0. The molecule has 2 rings (SSSR count).